The summed E-state index contributed by atoms with van der Waals surface area (Å²) in [5, 5.41) is 18.5. The van der Waals surface area contributed by atoms with Gasteiger partial charge in [0.25, 0.3) is 0 Å². The van der Waals surface area contributed by atoms with Crippen LogP contribution in [0.5, 0.6) is 0 Å². The van der Waals surface area contributed by atoms with E-state index in [9.17, 15) is 13.9 Å². The zero-order chi connectivity index (χ0) is 20.4. The highest BCUT2D eigenvalue weighted by Crippen LogP contribution is 2.29. The van der Waals surface area contributed by atoms with Crippen LogP contribution in [0.1, 0.15) is 31.9 Å². The van der Waals surface area contributed by atoms with E-state index in [0.717, 1.165) is 23.4 Å². The average molecular weight is 386 g/mol. The highest BCUT2D eigenvalue weighted by molar-refractivity contribution is 5.48. The van der Waals surface area contributed by atoms with Gasteiger partial charge in [0, 0.05) is 23.9 Å². The van der Waals surface area contributed by atoms with Crippen molar-refractivity contribution in [3.63, 3.8) is 0 Å². The minimum atomic E-state index is -1.66. The number of aliphatic hydroxyl groups is 1. The van der Waals surface area contributed by atoms with Crippen molar-refractivity contribution >= 4 is 5.69 Å². The highest BCUT2D eigenvalue weighted by atomic mass is 19.1. The van der Waals surface area contributed by atoms with Crippen LogP contribution in [0.25, 0.3) is 0 Å². The summed E-state index contributed by atoms with van der Waals surface area (Å²) in [6.45, 7) is 6.30. The van der Waals surface area contributed by atoms with Crippen molar-refractivity contribution in [3.8, 4) is 0 Å². The molecule has 1 heterocycles. The molecule has 1 aromatic heterocycles. The lowest BCUT2D eigenvalue weighted by molar-refractivity contribution is 0.0247. The summed E-state index contributed by atoms with van der Waals surface area (Å²) in [4.78, 5) is 3.86. The molecule has 0 radical (unpaired) electrons. The Hall–Kier alpha value is -2.80. The maximum absolute atomic E-state index is 14.4. The van der Waals surface area contributed by atoms with Gasteiger partial charge in [0.15, 0.2) is 0 Å². The van der Waals surface area contributed by atoms with Gasteiger partial charge in [0.2, 0.25) is 0 Å². The first-order valence-electron chi connectivity index (χ1n) is 9.02. The van der Waals surface area contributed by atoms with E-state index in [1.807, 2.05) is 24.3 Å². The number of rotatable bonds is 6. The smallest absolute Gasteiger partial charge is 0.137 e. The predicted octanol–water partition coefficient (Wildman–Crippen LogP) is 3.85. The van der Waals surface area contributed by atoms with Crippen LogP contribution in [0.4, 0.5) is 14.5 Å². The van der Waals surface area contributed by atoms with Crippen molar-refractivity contribution in [2.75, 3.05) is 11.9 Å². The van der Waals surface area contributed by atoms with E-state index in [1.165, 1.54) is 23.4 Å². The van der Waals surface area contributed by atoms with E-state index in [2.05, 4.69) is 36.2 Å². The Morgan fingerprint density at radius 1 is 1.11 bits per heavy atom. The van der Waals surface area contributed by atoms with Crippen molar-refractivity contribution in [1.29, 1.82) is 0 Å². The number of hydrogen-bond donors (Lipinski definition) is 2. The van der Waals surface area contributed by atoms with Crippen LogP contribution in [0, 0.1) is 11.6 Å². The lowest BCUT2D eigenvalue weighted by Gasteiger charge is -2.30. The van der Waals surface area contributed by atoms with Gasteiger partial charge in [0.1, 0.15) is 29.9 Å². The summed E-state index contributed by atoms with van der Waals surface area (Å²) in [7, 11) is 0. The van der Waals surface area contributed by atoms with Crippen LogP contribution in [0.3, 0.4) is 0 Å². The molecular formula is C21H24F2N4O. The van der Waals surface area contributed by atoms with Crippen molar-refractivity contribution in [3.05, 3.63) is 77.9 Å². The van der Waals surface area contributed by atoms with Gasteiger partial charge in [-0.1, -0.05) is 39.0 Å². The topological polar surface area (TPSA) is 63.0 Å². The fraction of sp³-hybridized carbons (Fsp3) is 0.333. The van der Waals surface area contributed by atoms with Crippen molar-refractivity contribution in [1.82, 2.24) is 14.8 Å². The molecule has 2 aromatic carbocycles. The molecule has 5 nitrogen and oxygen atoms in total. The Morgan fingerprint density at radius 2 is 1.89 bits per heavy atom. The zero-order valence-electron chi connectivity index (χ0n) is 16.2. The molecule has 28 heavy (non-hydrogen) atoms. The Labute approximate surface area is 163 Å². The standard InChI is InChI=1S/C21H24F2N4O/c1-20(2,3)15-5-4-6-17(9-15)25-11-21(28,12-27-14-24-13-26-27)18-8-7-16(22)10-19(18)23/h4-10,13-14,25,28H,11-12H2,1-3H3. The molecule has 3 aromatic rings. The first-order valence-corrected chi connectivity index (χ1v) is 9.02. The molecule has 0 bridgehead atoms. The van der Waals surface area contributed by atoms with Gasteiger partial charge in [-0.15, -0.1) is 0 Å². The fourth-order valence-electron chi connectivity index (χ4n) is 3.03. The third-order valence-corrected chi connectivity index (χ3v) is 4.64. The minimum Gasteiger partial charge on any atom is -0.382 e. The number of nitrogens with zero attached hydrogens (tertiary/aromatic N) is 3. The first-order chi connectivity index (χ1) is 13.2. The SMILES string of the molecule is CC(C)(C)c1cccc(NCC(O)(Cn2cncn2)c2ccc(F)cc2F)c1. The molecule has 148 valence electrons. The average Bonchev–Trinajstić information content (AvgIpc) is 3.12. The second kappa shape index (κ2) is 7.67. The third kappa shape index (κ3) is 4.54. The Morgan fingerprint density at radius 3 is 2.54 bits per heavy atom. The van der Waals surface area contributed by atoms with Crippen LogP contribution in [0.15, 0.2) is 55.1 Å². The molecule has 1 unspecified atom stereocenters. The van der Waals surface area contributed by atoms with Gasteiger partial charge >= 0.3 is 0 Å². The predicted molar refractivity (Wildman–Crippen MR) is 104 cm³/mol. The van der Waals surface area contributed by atoms with Crippen LogP contribution in [-0.2, 0) is 17.6 Å². The molecule has 0 saturated heterocycles. The van der Waals surface area contributed by atoms with Gasteiger partial charge in [0.05, 0.1) is 6.54 Å². The summed E-state index contributed by atoms with van der Waals surface area (Å²) in [6.07, 6.45) is 2.77. The lowest BCUT2D eigenvalue weighted by atomic mass is 9.87. The molecule has 0 saturated carbocycles. The van der Waals surface area contributed by atoms with Crippen LogP contribution in [-0.4, -0.2) is 26.4 Å². The number of anilines is 1. The van der Waals surface area contributed by atoms with Gasteiger partial charge in [-0.25, -0.2) is 18.4 Å². The Balaban J connectivity index is 1.90. The van der Waals surface area contributed by atoms with Crippen molar-refractivity contribution < 1.29 is 13.9 Å². The van der Waals surface area contributed by atoms with Crippen LogP contribution >= 0.6 is 0 Å². The largest absolute Gasteiger partial charge is 0.382 e. The summed E-state index contributed by atoms with van der Waals surface area (Å²) < 4.78 is 29.2. The molecule has 0 aliphatic rings. The molecule has 0 aliphatic heterocycles. The second-order valence-corrected chi connectivity index (χ2v) is 7.93. The fourth-order valence-corrected chi connectivity index (χ4v) is 3.03. The second-order valence-electron chi connectivity index (χ2n) is 7.93. The number of aromatic nitrogens is 3. The molecule has 0 fully saturated rings. The van der Waals surface area contributed by atoms with Crippen molar-refractivity contribution in [2.24, 2.45) is 0 Å². The molecule has 1 atom stereocenters. The van der Waals surface area contributed by atoms with Crippen molar-refractivity contribution in [2.45, 2.75) is 38.3 Å². The number of nitrogens with one attached hydrogen (secondary N) is 1. The maximum atomic E-state index is 14.4. The molecule has 7 heteroatoms. The van der Waals surface area contributed by atoms with Gasteiger partial charge in [-0.3, -0.25) is 0 Å². The van der Waals surface area contributed by atoms with E-state index in [1.54, 1.807) is 0 Å². The number of hydrogen-bond acceptors (Lipinski definition) is 4. The quantitative estimate of drug-likeness (QED) is 0.675. The summed E-state index contributed by atoms with van der Waals surface area (Å²) in [5.74, 6) is -1.51. The van der Waals surface area contributed by atoms with E-state index < -0.39 is 17.2 Å². The van der Waals surface area contributed by atoms with E-state index in [4.69, 9.17) is 0 Å². The van der Waals surface area contributed by atoms with E-state index in [0.29, 0.717) is 0 Å². The summed E-state index contributed by atoms with van der Waals surface area (Å²) in [6, 6.07) is 11.0. The maximum Gasteiger partial charge on any atom is 0.137 e. The lowest BCUT2D eigenvalue weighted by Crippen LogP contribution is -2.39. The molecule has 0 spiro atoms. The van der Waals surface area contributed by atoms with Crippen LogP contribution < -0.4 is 5.32 Å². The Bertz CT molecular complexity index is 938. The monoisotopic (exact) mass is 386 g/mol. The molecule has 0 amide bonds. The Kier molecular flexibility index (Phi) is 5.47. The van der Waals surface area contributed by atoms with Gasteiger partial charge in [-0.2, -0.15) is 5.10 Å². The zero-order valence-corrected chi connectivity index (χ0v) is 16.2. The van der Waals surface area contributed by atoms with Crippen LogP contribution in [0.2, 0.25) is 0 Å². The number of halogens is 2. The highest BCUT2D eigenvalue weighted by Gasteiger charge is 2.33. The number of benzene rings is 2. The summed E-state index contributed by atoms with van der Waals surface area (Å²) in [5.41, 5.74) is 0.224. The first kappa shape index (κ1) is 19.9. The van der Waals surface area contributed by atoms with Gasteiger partial charge in [-0.05, 0) is 29.2 Å². The molecule has 0 aliphatic carbocycles. The third-order valence-electron chi connectivity index (χ3n) is 4.64. The molecule has 2 N–H and O–H groups in total. The summed E-state index contributed by atoms with van der Waals surface area (Å²) >= 11 is 0. The van der Waals surface area contributed by atoms with E-state index >= 15 is 0 Å². The molecular weight excluding hydrogens is 362 g/mol. The van der Waals surface area contributed by atoms with Gasteiger partial charge < -0.3 is 10.4 Å². The minimum absolute atomic E-state index is 0.00298. The molecule has 3 rings (SSSR count). The normalized spacial score (nSPS) is 13.9. The van der Waals surface area contributed by atoms with E-state index in [-0.39, 0.29) is 24.1 Å².